The van der Waals surface area contributed by atoms with E-state index in [1.807, 2.05) is 6.92 Å². The van der Waals surface area contributed by atoms with Gasteiger partial charge >= 0.3 is 0 Å². The van der Waals surface area contributed by atoms with E-state index in [0.29, 0.717) is 6.54 Å². The maximum absolute atomic E-state index is 11.9. The summed E-state index contributed by atoms with van der Waals surface area (Å²) in [6, 6.07) is 3.15. The van der Waals surface area contributed by atoms with E-state index < -0.39 is 0 Å². The Morgan fingerprint density at radius 1 is 1.26 bits per heavy atom. The van der Waals surface area contributed by atoms with Gasteiger partial charge in [-0.2, -0.15) is 0 Å². The van der Waals surface area contributed by atoms with Gasteiger partial charge in [0, 0.05) is 6.54 Å². The molecule has 1 saturated heterocycles. The van der Waals surface area contributed by atoms with Gasteiger partial charge in [0.2, 0.25) is 17.6 Å². The Balaban J connectivity index is 1.97. The zero-order chi connectivity index (χ0) is 13.8. The summed E-state index contributed by atoms with van der Waals surface area (Å²) in [4.78, 5) is 38.3. The van der Waals surface area contributed by atoms with Crippen molar-refractivity contribution in [3.63, 3.8) is 0 Å². The second kappa shape index (κ2) is 5.69. The smallest absolute Gasteiger partial charge is 0.243 e. The Hall–Kier alpha value is -2.11. The average molecular weight is 264 g/mol. The number of carbonyl (C=O) groups is 3. The maximum Gasteiger partial charge on any atom is 0.243 e. The molecule has 0 unspecified atom stereocenters. The van der Waals surface area contributed by atoms with Gasteiger partial charge in [0.25, 0.3) is 0 Å². The zero-order valence-corrected chi connectivity index (χ0v) is 10.8. The predicted octanol–water partition coefficient (Wildman–Crippen LogP) is 0.543. The highest BCUT2D eigenvalue weighted by Crippen LogP contribution is 2.08. The molecule has 0 bridgehead atoms. The van der Waals surface area contributed by atoms with E-state index >= 15 is 0 Å². The Bertz CT molecular complexity index is 481. The molecule has 0 aromatic carbocycles. The molecule has 1 aliphatic rings. The van der Waals surface area contributed by atoms with Gasteiger partial charge in [-0.15, -0.1) is 0 Å². The van der Waals surface area contributed by atoms with Crippen molar-refractivity contribution in [2.45, 2.75) is 13.3 Å². The van der Waals surface area contributed by atoms with Gasteiger partial charge in [-0.05, 0) is 18.6 Å². The number of hydrogen-bond acceptors (Lipinski definition) is 4. The van der Waals surface area contributed by atoms with Crippen molar-refractivity contribution in [2.24, 2.45) is 0 Å². The van der Waals surface area contributed by atoms with Crippen molar-refractivity contribution in [3.05, 3.63) is 24.2 Å². The fourth-order valence-electron chi connectivity index (χ4n) is 2.01. The minimum Gasteiger partial charge on any atom is -0.461 e. The number of furan rings is 1. The van der Waals surface area contributed by atoms with Crippen molar-refractivity contribution >= 4 is 17.6 Å². The molecule has 2 heterocycles. The van der Waals surface area contributed by atoms with E-state index in [2.05, 4.69) is 0 Å². The number of piperazine rings is 1. The first-order chi connectivity index (χ1) is 9.11. The molecular weight excluding hydrogens is 248 g/mol. The molecule has 6 heteroatoms. The molecule has 6 nitrogen and oxygen atoms in total. The largest absolute Gasteiger partial charge is 0.461 e. The van der Waals surface area contributed by atoms with Crippen LogP contribution in [0.3, 0.4) is 0 Å². The van der Waals surface area contributed by atoms with E-state index in [1.54, 1.807) is 12.1 Å². The van der Waals surface area contributed by atoms with Crippen molar-refractivity contribution < 1.29 is 18.8 Å². The predicted molar refractivity (Wildman–Crippen MR) is 66.5 cm³/mol. The molecule has 1 aromatic heterocycles. The lowest BCUT2D eigenvalue weighted by atomic mass is 10.2. The van der Waals surface area contributed by atoms with Gasteiger partial charge in [-0.1, -0.05) is 6.92 Å². The van der Waals surface area contributed by atoms with E-state index in [0.717, 1.165) is 6.42 Å². The summed E-state index contributed by atoms with van der Waals surface area (Å²) in [6.07, 6.45) is 2.21. The monoisotopic (exact) mass is 264 g/mol. The lowest BCUT2D eigenvalue weighted by Gasteiger charge is -2.33. The highest BCUT2D eigenvalue weighted by atomic mass is 16.3. The molecule has 19 heavy (non-hydrogen) atoms. The lowest BCUT2D eigenvalue weighted by molar-refractivity contribution is -0.149. The van der Waals surface area contributed by atoms with Crippen LogP contribution in [0.1, 0.15) is 23.9 Å². The number of nitrogens with zero attached hydrogens (tertiary/aromatic N) is 2. The molecule has 102 valence electrons. The molecule has 2 rings (SSSR count). The number of hydrogen-bond donors (Lipinski definition) is 0. The summed E-state index contributed by atoms with van der Waals surface area (Å²) < 4.78 is 4.98. The van der Waals surface area contributed by atoms with Gasteiger partial charge in [0.1, 0.15) is 6.54 Å². The summed E-state index contributed by atoms with van der Waals surface area (Å²) in [5.41, 5.74) is 0. The average Bonchev–Trinajstić information content (AvgIpc) is 2.89. The van der Waals surface area contributed by atoms with Crippen LogP contribution in [0, 0.1) is 0 Å². The summed E-state index contributed by atoms with van der Waals surface area (Å²) in [7, 11) is 0. The number of rotatable bonds is 5. The third kappa shape index (κ3) is 3.01. The molecule has 2 amide bonds. The van der Waals surface area contributed by atoms with Crippen molar-refractivity contribution in [3.8, 4) is 0 Å². The fraction of sp³-hybridized carbons (Fsp3) is 0.462. The third-order valence-corrected chi connectivity index (χ3v) is 2.98. The molecule has 1 aliphatic heterocycles. The SMILES string of the molecule is CCCN1CC(=O)N(CC(=O)c2ccco2)CC1=O. The van der Waals surface area contributed by atoms with Gasteiger partial charge < -0.3 is 14.2 Å². The van der Waals surface area contributed by atoms with Crippen LogP contribution >= 0.6 is 0 Å². The number of ketones is 1. The van der Waals surface area contributed by atoms with Crippen LogP contribution in [-0.2, 0) is 9.59 Å². The van der Waals surface area contributed by atoms with Crippen molar-refractivity contribution in [1.29, 1.82) is 0 Å². The summed E-state index contributed by atoms with van der Waals surface area (Å²) in [6.45, 7) is 2.43. The molecule has 1 fully saturated rings. The number of carbonyl (C=O) groups excluding carboxylic acids is 3. The molecule has 0 atom stereocenters. The molecule has 0 radical (unpaired) electrons. The van der Waals surface area contributed by atoms with Gasteiger partial charge in [0.05, 0.1) is 19.4 Å². The maximum atomic E-state index is 11.9. The van der Waals surface area contributed by atoms with Gasteiger partial charge in [-0.3, -0.25) is 14.4 Å². The first-order valence-electron chi connectivity index (χ1n) is 6.24. The van der Waals surface area contributed by atoms with E-state index in [9.17, 15) is 14.4 Å². The molecule has 1 aromatic rings. The summed E-state index contributed by atoms with van der Waals surface area (Å²) in [5, 5.41) is 0. The van der Waals surface area contributed by atoms with Crippen LogP contribution in [0.4, 0.5) is 0 Å². The van der Waals surface area contributed by atoms with Crippen LogP contribution in [-0.4, -0.2) is 53.6 Å². The molecule has 0 spiro atoms. The summed E-state index contributed by atoms with van der Waals surface area (Å²) in [5.74, 6) is -0.409. The normalized spacial score (nSPS) is 16.1. The molecule has 0 aliphatic carbocycles. The minimum atomic E-state index is -0.296. The Labute approximate surface area is 111 Å². The lowest BCUT2D eigenvalue weighted by Crippen LogP contribution is -2.54. The van der Waals surface area contributed by atoms with Crippen LogP contribution < -0.4 is 0 Å². The van der Waals surface area contributed by atoms with Crippen LogP contribution in [0.15, 0.2) is 22.8 Å². The summed E-state index contributed by atoms with van der Waals surface area (Å²) >= 11 is 0. The Morgan fingerprint density at radius 3 is 2.58 bits per heavy atom. The van der Waals surface area contributed by atoms with Crippen LogP contribution in [0.2, 0.25) is 0 Å². The zero-order valence-electron chi connectivity index (χ0n) is 10.8. The van der Waals surface area contributed by atoms with Crippen molar-refractivity contribution in [2.75, 3.05) is 26.2 Å². The van der Waals surface area contributed by atoms with Crippen molar-refractivity contribution in [1.82, 2.24) is 9.80 Å². The minimum absolute atomic E-state index is 0.0364. The van der Waals surface area contributed by atoms with E-state index in [-0.39, 0.29) is 43.0 Å². The molecular formula is C13H16N2O4. The van der Waals surface area contributed by atoms with Gasteiger partial charge in [0.15, 0.2) is 5.76 Å². The first-order valence-corrected chi connectivity index (χ1v) is 6.24. The number of Topliss-reactive ketones (excluding diaryl/α,β-unsaturated/α-hetero) is 1. The standard InChI is InChI=1S/C13H16N2O4/c1-2-5-14-8-13(18)15(9-12(14)17)7-10(16)11-4-3-6-19-11/h3-4,6H,2,5,7-9H2,1H3. The van der Waals surface area contributed by atoms with Crippen LogP contribution in [0.25, 0.3) is 0 Å². The second-order valence-corrected chi connectivity index (χ2v) is 4.47. The molecule has 0 N–H and O–H groups in total. The Morgan fingerprint density at radius 2 is 1.95 bits per heavy atom. The highest BCUT2D eigenvalue weighted by molar-refractivity contribution is 6.00. The second-order valence-electron chi connectivity index (χ2n) is 4.47. The fourth-order valence-corrected chi connectivity index (χ4v) is 2.01. The van der Waals surface area contributed by atoms with Crippen LogP contribution in [0.5, 0.6) is 0 Å². The molecule has 0 saturated carbocycles. The third-order valence-electron chi connectivity index (χ3n) is 2.98. The Kier molecular flexibility index (Phi) is 3.99. The first kappa shape index (κ1) is 13.3. The quantitative estimate of drug-likeness (QED) is 0.728. The van der Waals surface area contributed by atoms with Gasteiger partial charge in [-0.25, -0.2) is 0 Å². The van der Waals surface area contributed by atoms with E-state index in [4.69, 9.17) is 4.42 Å². The highest BCUT2D eigenvalue weighted by Gasteiger charge is 2.30. The number of amides is 2. The topological polar surface area (TPSA) is 70.8 Å². The van der Waals surface area contributed by atoms with E-state index in [1.165, 1.54) is 16.1 Å².